The van der Waals surface area contributed by atoms with Crippen molar-refractivity contribution in [3.05, 3.63) is 35.4 Å². The van der Waals surface area contributed by atoms with Crippen molar-refractivity contribution < 1.29 is 18.0 Å². The predicted molar refractivity (Wildman–Crippen MR) is 101 cm³/mol. The molecule has 0 aliphatic rings. The van der Waals surface area contributed by atoms with Gasteiger partial charge in [0.05, 0.1) is 18.2 Å². The Morgan fingerprint density at radius 1 is 1.39 bits per heavy atom. The number of aromatic nitrogens is 2. The van der Waals surface area contributed by atoms with Gasteiger partial charge in [0.2, 0.25) is 5.95 Å². The maximum Gasteiger partial charge on any atom is 0.416 e. The summed E-state index contributed by atoms with van der Waals surface area (Å²) in [5.74, 6) is -0.268. The number of carbonyl (C=O) groups excluding carboxylic acids is 1. The zero-order valence-corrected chi connectivity index (χ0v) is 15.8. The second kappa shape index (κ2) is 8.79. The van der Waals surface area contributed by atoms with Gasteiger partial charge in [-0.1, -0.05) is 6.07 Å². The molecule has 0 saturated carbocycles. The fraction of sp³-hybridized carbons (Fsp3) is 0.294. The Balaban J connectivity index is 2.07. The Labute approximate surface area is 163 Å². The number of nitrogens with zero attached hydrogens (tertiary/aromatic N) is 3. The fourth-order valence-corrected chi connectivity index (χ4v) is 2.77. The van der Waals surface area contributed by atoms with Crippen molar-refractivity contribution in [3.8, 4) is 6.07 Å². The number of carbonyl (C=O) groups is 1. The van der Waals surface area contributed by atoms with E-state index < -0.39 is 17.8 Å². The van der Waals surface area contributed by atoms with Crippen LogP contribution in [0.2, 0.25) is 0 Å². The lowest BCUT2D eigenvalue weighted by Crippen LogP contribution is -2.32. The molecule has 0 fully saturated rings. The van der Waals surface area contributed by atoms with Crippen LogP contribution in [0.25, 0.3) is 0 Å². The molecule has 148 valence electrons. The summed E-state index contributed by atoms with van der Waals surface area (Å²) >= 11 is 1.21. The van der Waals surface area contributed by atoms with Crippen molar-refractivity contribution in [3.63, 3.8) is 0 Å². The second-order valence-corrected chi connectivity index (χ2v) is 6.49. The molecule has 2 rings (SSSR count). The third-order valence-corrected chi connectivity index (χ3v) is 4.37. The number of nitrogen functional groups attached to an aromatic ring is 1. The molecular formula is C17H17F3N6OS. The lowest BCUT2D eigenvalue weighted by molar-refractivity contribution is -0.137. The molecule has 0 aliphatic heterocycles. The van der Waals surface area contributed by atoms with E-state index in [4.69, 9.17) is 5.73 Å². The van der Waals surface area contributed by atoms with Gasteiger partial charge in [-0.25, -0.2) is 4.98 Å². The van der Waals surface area contributed by atoms with E-state index in [-0.39, 0.29) is 35.3 Å². The average Bonchev–Trinajstić information content (AvgIpc) is 2.65. The molecule has 0 aliphatic carbocycles. The molecule has 0 spiro atoms. The van der Waals surface area contributed by atoms with E-state index in [1.807, 2.05) is 6.07 Å². The minimum atomic E-state index is -4.47. The molecule has 4 N–H and O–H groups in total. The molecule has 1 aromatic heterocycles. The lowest BCUT2D eigenvalue weighted by atomic mass is 10.1. The topological polar surface area (TPSA) is 117 Å². The smallest absolute Gasteiger partial charge is 0.378 e. The van der Waals surface area contributed by atoms with Crippen LogP contribution in [0.1, 0.15) is 18.1 Å². The predicted octanol–water partition coefficient (Wildman–Crippen LogP) is 3.15. The summed E-state index contributed by atoms with van der Waals surface area (Å²) < 4.78 is 38.2. The van der Waals surface area contributed by atoms with Crippen LogP contribution in [0.15, 0.2) is 29.3 Å². The van der Waals surface area contributed by atoms with Crippen molar-refractivity contribution in [2.24, 2.45) is 0 Å². The number of halogens is 3. The number of benzene rings is 1. The number of hydrogen-bond donors (Lipinski definition) is 3. The van der Waals surface area contributed by atoms with E-state index in [0.717, 1.165) is 12.1 Å². The number of alkyl halides is 3. The standard InChI is InChI=1S/C17H17F3N6OS/c1-9(24-14-12(7-21)15(28-2)26-16(22)25-14)13(27)8-23-11-5-3-4-10(6-11)17(18,19)20/h3-6,9,23H,8H2,1-2H3,(H3,22,24,25,26)/t9-/m1/s1. The summed E-state index contributed by atoms with van der Waals surface area (Å²) in [4.78, 5) is 20.2. The second-order valence-electron chi connectivity index (χ2n) is 5.69. The molecule has 1 aromatic carbocycles. The van der Waals surface area contributed by atoms with Crippen LogP contribution in [0.3, 0.4) is 0 Å². The zero-order chi connectivity index (χ0) is 20.9. The number of hydrogen-bond acceptors (Lipinski definition) is 8. The van der Waals surface area contributed by atoms with E-state index in [9.17, 15) is 23.2 Å². The summed E-state index contributed by atoms with van der Waals surface area (Å²) in [6, 6.07) is 5.76. The van der Waals surface area contributed by atoms with Gasteiger partial charge in [-0.15, -0.1) is 11.8 Å². The first-order chi connectivity index (χ1) is 13.2. The minimum Gasteiger partial charge on any atom is -0.378 e. The Bertz CT molecular complexity index is 913. The number of thioether (sulfide) groups is 1. The van der Waals surface area contributed by atoms with Crippen molar-refractivity contribution in [2.75, 3.05) is 29.2 Å². The fourth-order valence-electron chi connectivity index (χ4n) is 2.24. The van der Waals surface area contributed by atoms with Crippen LogP contribution in [0.5, 0.6) is 0 Å². The molecule has 0 radical (unpaired) electrons. The SMILES string of the molecule is CSc1nc(N)nc(N[C@H](C)C(=O)CNc2cccc(C(F)(F)F)c2)c1C#N. The average molecular weight is 410 g/mol. The Morgan fingerprint density at radius 3 is 2.71 bits per heavy atom. The van der Waals surface area contributed by atoms with E-state index in [1.54, 1.807) is 13.2 Å². The molecule has 0 unspecified atom stereocenters. The Kier molecular flexibility index (Phi) is 6.69. The van der Waals surface area contributed by atoms with Crippen molar-refractivity contribution >= 4 is 35.0 Å². The van der Waals surface area contributed by atoms with Gasteiger partial charge in [-0.2, -0.15) is 23.4 Å². The van der Waals surface area contributed by atoms with Crippen LogP contribution in [-0.2, 0) is 11.0 Å². The van der Waals surface area contributed by atoms with Crippen molar-refractivity contribution in [2.45, 2.75) is 24.2 Å². The number of Topliss-reactive ketones (excluding diaryl/α,β-unsaturated/α-hetero) is 1. The van der Waals surface area contributed by atoms with Crippen LogP contribution in [0, 0.1) is 11.3 Å². The van der Waals surface area contributed by atoms with Crippen LogP contribution in [-0.4, -0.2) is 34.6 Å². The lowest BCUT2D eigenvalue weighted by Gasteiger charge is -2.16. The zero-order valence-electron chi connectivity index (χ0n) is 15.0. The molecule has 7 nitrogen and oxygen atoms in total. The molecule has 28 heavy (non-hydrogen) atoms. The Morgan fingerprint density at radius 2 is 2.11 bits per heavy atom. The quantitative estimate of drug-likeness (QED) is 0.471. The van der Waals surface area contributed by atoms with E-state index in [0.29, 0.717) is 5.03 Å². The van der Waals surface area contributed by atoms with Gasteiger partial charge < -0.3 is 16.4 Å². The number of anilines is 3. The molecular weight excluding hydrogens is 393 g/mol. The molecule has 2 aromatic rings. The van der Waals surface area contributed by atoms with Gasteiger partial charge in [0.25, 0.3) is 0 Å². The monoisotopic (exact) mass is 410 g/mol. The van der Waals surface area contributed by atoms with E-state index >= 15 is 0 Å². The van der Waals surface area contributed by atoms with E-state index in [2.05, 4.69) is 20.6 Å². The van der Waals surface area contributed by atoms with Crippen molar-refractivity contribution in [1.29, 1.82) is 5.26 Å². The number of nitriles is 1. The number of ketones is 1. The molecule has 0 saturated heterocycles. The van der Waals surface area contributed by atoms with Gasteiger partial charge >= 0.3 is 6.18 Å². The third kappa shape index (κ3) is 5.26. The summed E-state index contributed by atoms with van der Waals surface area (Å²) in [7, 11) is 0. The minimum absolute atomic E-state index is 0.0485. The summed E-state index contributed by atoms with van der Waals surface area (Å²) in [5, 5.41) is 15.2. The number of nitrogens with one attached hydrogen (secondary N) is 2. The van der Waals surface area contributed by atoms with Gasteiger partial charge in [0.1, 0.15) is 16.7 Å². The number of rotatable bonds is 7. The highest BCUT2D eigenvalue weighted by molar-refractivity contribution is 7.98. The van der Waals surface area contributed by atoms with Crippen LogP contribution < -0.4 is 16.4 Å². The maximum atomic E-state index is 12.7. The first-order valence-electron chi connectivity index (χ1n) is 7.97. The van der Waals surface area contributed by atoms with E-state index in [1.165, 1.54) is 23.9 Å². The van der Waals surface area contributed by atoms with Gasteiger partial charge in [-0.3, -0.25) is 4.79 Å². The van der Waals surface area contributed by atoms with Crippen molar-refractivity contribution in [1.82, 2.24) is 9.97 Å². The Hall–Kier alpha value is -3.00. The van der Waals surface area contributed by atoms with Gasteiger partial charge in [-0.05, 0) is 31.4 Å². The third-order valence-electron chi connectivity index (χ3n) is 3.69. The summed E-state index contributed by atoms with van der Waals surface area (Å²) in [5.41, 5.74) is 5.14. The van der Waals surface area contributed by atoms with Crippen LogP contribution >= 0.6 is 11.8 Å². The van der Waals surface area contributed by atoms with Gasteiger partial charge in [0, 0.05) is 5.69 Å². The van der Waals surface area contributed by atoms with Crippen LogP contribution in [0.4, 0.5) is 30.6 Å². The maximum absolute atomic E-state index is 12.7. The largest absolute Gasteiger partial charge is 0.416 e. The first-order valence-corrected chi connectivity index (χ1v) is 9.20. The highest BCUT2D eigenvalue weighted by Gasteiger charge is 2.30. The molecule has 1 heterocycles. The number of nitrogens with two attached hydrogens (primary N) is 1. The molecule has 1 atom stereocenters. The molecule has 0 amide bonds. The molecule has 11 heteroatoms. The molecule has 0 bridgehead atoms. The first kappa shape index (κ1) is 21.3. The summed E-state index contributed by atoms with van der Waals surface area (Å²) in [6.45, 7) is 1.33. The highest BCUT2D eigenvalue weighted by atomic mass is 32.2. The summed E-state index contributed by atoms with van der Waals surface area (Å²) in [6.07, 6.45) is -2.74. The highest BCUT2D eigenvalue weighted by Crippen LogP contribution is 2.30. The van der Waals surface area contributed by atoms with Gasteiger partial charge in [0.15, 0.2) is 11.6 Å². The normalized spacial score (nSPS) is 12.1.